The number of guanidine groups is 1. The summed E-state index contributed by atoms with van der Waals surface area (Å²) in [6.45, 7) is 0.603. The van der Waals surface area contributed by atoms with Gasteiger partial charge in [-0.05, 0) is 45.1 Å². The lowest BCUT2D eigenvalue weighted by Crippen LogP contribution is -2.57. The number of carbonyl (C=O) groups is 5. The number of hydrogen-bond donors (Lipinski definition) is 10. The summed E-state index contributed by atoms with van der Waals surface area (Å²) in [7, 11) is 0. The van der Waals surface area contributed by atoms with E-state index in [1.165, 1.54) is 12.5 Å². The maximum absolute atomic E-state index is 13.2. The number of nitrogens with zero attached hydrogens (tertiary/aromatic N) is 2. The van der Waals surface area contributed by atoms with E-state index in [1.807, 2.05) is 0 Å². The smallest absolute Gasteiger partial charge is 0.326 e. The van der Waals surface area contributed by atoms with Crippen LogP contribution in [0, 0.1) is 0 Å². The number of nitrogens with one attached hydrogen (secondary N) is 4. The van der Waals surface area contributed by atoms with E-state index in [9.17, 15) is 29.1 Å². The topological polar surface area (TPSA) is 307 Å². The minimum absolute atomic E-state index is 0.0532. The molecule has 0 saturated heterocycles. The first kappa shape index (κ1) is 33.8. The zero-order valence-corrected chi connectivity index (χ0v) is 22.2. The Hall–Kier alpha value is -4.25. The minimum atomic E-state index is -1.39. The molecule has 0 bridgehead atoms. The molecule has 40 heavy (non-hydrogen) atoms. The van der Waals surface area contributed by atoms with Crippen LogP contribution in [-0.4, -0.2) is 93.1 Å². The molecule has 14 N–H and O–H groups in total. The summed E-state index contributed by atoms with van der Waals surface area (Å²) >= 11 is 0. The average molecular weight is 569 g/mol. The number of aliphatic imine (C=N–C) groups is 1. The van der Waals surface area contributed by atoms with Crippen LogP contribution in [0.2, 0.25) is 0 Å². The fourth-order valence-electron chi connectivity index (χ4n) is 3.59. The molecule has 0 aliphatic carbocycles. The van der Waals surface area contributed by atoms with E-state index in [4.69, 9.17) is 28.0 Å². The lowest BCUT2D eigenvalue weighted by molar-refractivity contribution is -0.143. The first-order valence-corrected chi connectivity index (χ1v) is 12.8. The van der Waals surface area contributed by atoms with E-state index in [-0.39, 0.29) is 38.2 Å². The van der Waals surface area contributed by atoms with Gasteiger partial charge in [-0.3, -0.25) is 24.2 Å². The van der Waals surface area contributed by atoms with Crippen molar-refractivity contribution in [3.05, 3.63) is 18.2 Å². The van der Waals surface area contributed by atoms with Crippen molar-refractivity contribution in [2.24, 2.45) is 27.9 Å². The Morgan fingerprint density at radius 2 is 1.55 bits per heavy atom. The average Bonchev–Trinajstić information content (AvgIpc) is 3.40. The second-order valence-corrected chi connectivity index (χ2v) is 9.07. The van der Waals surface area contributed by atoms with Gasteiger partial charge in [-0.25, -0.2) is 9.78 Å². The molecule has 224 valence electrons. The number of aromatic nitrogens is 2. The first-order chi connectivity index (χ1) is 18.9. The molecular weight excluding hydrogens is 528 g/mol. The monoisotopic (exact) mass is 568 g/mol. The number of unbranched alkanes of at least 4 members (excludes halogenated alkanes) is 1. The van der Waals surface area contributed by atoms with Gasteiger partial charge in [-0.1, -0.05) is 0 Å². The quantitative estimate of drug-likeness (QED) is 0.0424. The number of aliphatic carboxylic acids is 2. The molecule has 1 aromatic heterocycles. The second-order valence-electron chi connectivity index (χ2n) is 9.07. The zero-order chi connectivity index (χ0) is 30.1. The lowest BCUT2D eigenvalue weighted by Gasteiger charge is -2.25. The Morgan fingerprint density at radius 1 is 0.900 bits per heavy atom. The summed E-state index contributed by atoms with van der Waals surface area (Å²) in [5.41, 5.74) is 22.4. The SMILES string of the molecule is NCCCCC(NC(=O)C(CCC(=O)O)NC(=O)C(Cc1cnc[nH]1)NC(=O)C(N)CCCN=C(N)N)C(=O)O. The number of amides is 3. The molecule has 0 aromatic carbocycles. The molecule has 4 atom stereocenters. The van der Waals surface area contributed by atoms with Crippen LogP contribution in [0.1, 0.15) is 50.6 Å². The summed E-state index contributed by atoms with van der Waals surface area (Å²) in [4.78, 5) is 72.2. The Balaban J connectivity index is 3.01. The fourth-order valence-corrected chi connectivity index (χ4v) is 3.59. The minimum Gasteiger partial charge on any atom is -0.481 e. The van der Waals surface area contributed by atoms with Gasteiger partial charge in [0.15, 0.2) is 5.96 Å². The number of carboxylic acid groups (broad SMARTS) is 2. The molecule has 0 aliphatic heterocycles. The van der Waals surface area contributed by atoms with E-state index in [0.717, 1.165) is 0 Å². The van der Waals surface area contributed by atoms with Crippen LogP contribution in [0.3, 0.4) is 0 Å². The number of rotatable bonds is 20. The van der Waals surface area contributed by atoms with Crippen LogP contribution in [0.5, 0.6) is 0 Å². The van der Waals surface area contributed by atoms with E-state index < -0.39 is 60.2 Å². The van der Waals surface area contributed by atoms with Gasteiger partial charge in [0, 0.05) is 31.3 Å². The Labute approximate surface area is 230 Å². The van der Waals surface area contributed by atoms with Gasteiger partial charge in [0.1, 0.15) is 18.1 Å². The van der Waals surface area contributed by atoms with Crippen molar-refractivity contribution in [3.8, 4) is 0 Å². The molecule has 3 amide bonds. The molecule has 1 aromatic rings. The normalized spacial score (nSPS) is 13.8. The summed E-state index contributed by atoms with van der Waals surface area (Å²) in [5, 5.41) is 25.9. The second kappa shape index (κ2) is 18.1. The third-order valence-electron chi connectivity index (χ3n) is 5.76. The summed E-state index contributed by atoms with van der Waals surface area (Å²) in [5.74, 6) is -4.94. The van der Waals surface area contributed by atoms with E-state index >= 15 is 0 Å². The fraction of sp³-hybridized carbons (Fsp3) is 0.609. The molecular formula is C23H40N10O7. The van der Waals surface area contributed by atoms with Gasteiger partial charge in [-0.2, -0.15) is 0 Å². The maximum Gasteiger partial charge on any atom is 0.326 e. The van der Waals surface area contributed by atoms with Crippen molar-refractivity contribution >= 4 is 35.6 Å². The first-order valence-electron chi connectivity index (χ1n) is 12.8. The predicted molar refractivity (Wildman–Crippen MR) is 143 cm³/mol. The highest BCUT2D eigenvalue weighted by atomic mass is 16.4. The number of H-pyrrole nitrogens is 1. The Morgan fingerprint density at radius 3 is 2.12 bits per heavy atom. The van der Waals surface area contributed by atoms with Crippen LogP contribution in [-0.2, 0) is 30.4 Å². The molecule has 0 saturated carbocycles. The number of nitrogens with two attached hydrogens (primary N) is 4. The van der Waals surface area contributed by atoms with Crippen molar-refractivity contribution in [2.45, 2.75) is 75.5 Å². The largest absolute Gasteiger partial charge is 0.481 e. The molecule has 17 nitrogen and oxygen atoms in total. The van der Waals surface area contributed by atoms with Crippen LogP contribution >= 0.6 is 0 Å². The van der Waals surface area contributed by atoms with Crippen molar-refractivity contribution in [1.29, 1.82) is 0 Å². The standard InChI is InChI=1S/C23H40N10O7/c24-8-2-1-5-16(22(39)40)32-20(37)15(6-7-18(34)35)31-21(38)17(10-13-11-28-12-30-13)33-19(36)14(25)4-3-9-29-23(26)27/h11-12,14-17H,1-10,24-25H2,(H,28,30)(H,31,38)(H,32,37)(H,33,36)(H,34,35)(H,39,40)(H4,26,27,29). The van der Waals surface area contributed by atoms with Crippen molar-refractivity contribution in [1.82, 2.24) is 25.9 Å². The van der Waals surface area contributed by atoms with Gasteiger partial charge in [0.2, 0.25) is 17.7 Å². The predicted octanol–water partition coefficient (Wildman–Crippen LogP) is -3.13. The zero-order valence-electron chi connectivity index (χ0n) is 22.2. The number of aromatic amines is 1. The van der Waals surface area contributed by atoms with E-state index in [2.05, 4.69) is 30.9 Å². The molecule has 4 unspecified atom stereocenters. The third-order valence-corrected chi connectivity index (χ3v) is 5.76. The maximum atomic E-state index is 13.2. The lowest BCUT2D eigenvalue weighted by atomic mass is 10.0. The molecule has 0 fully saturated rings. The number of imidazole rings is 1. The highest BCUT2D eigenvalue weighted by molar-refractivity contribution is 5.94. The molecule has 1 heterocycles. The molecule has 0 spiro atoms. The highest BCUT2D eigenvalue weighted by Gasteiger charge is 2.31. The van der Waals surface area contributed by atoms with E-state index in [0.29, 0.717) is 31.5 Å². The van der Waals surface area contributed by atoms with Gasteiger partial charge in [0.05, 0.1) is 12.4 Å². The number of carboxylic acids is 2. The van der Waals surface area contributed by atoms with Gasteiger partial charge >= 0.3 is 11.9 Å². The van der Waals surface area contributed by atoms with Crippen molar-refractivity contribution in [3.63, 3.8) is 0 Å². The Bertz CT molecular complexity index is 998. The van der Waals surface area contributed by atoms with E-state index in [1.54, 1.807) is 0 Å². The molecule has 0 radical (unpaired) electrons. The van der Waals surface area contributed by atoms with Gasteiger partial charge in [0.25, 0.3) is 0 Å². The molecule has 1 rings (SSSR count). The molecule has 17 heteroatoms. The summed E-state index contributed by atoms with van der Waals surface area (Å²) < 4.78 is 0. The number of hydrogen-bond acceptors (Lipinski definition) is 9. The number of carbonyl (C=O) groups excluding carboxylic acids is 3. The van der Waals surface area contributed by atoms with Crippen LogP contribution < -0.4 is 38.9 Å². The molecule has 0 aliphatic rings. The van der Waals surface area contributed by atoms with Crippen molar-refractivity contribution in [2.75, 3.05) is 13.1 Å². The summed E-state index contributed by atoms with van der Waals surface area (Å²) in [6.07, 6.45) is 3.65. The third kappa shape index (κ3) is 13.5. The van der Waals surface area contributed by atoms with Crippen LogP contribution in [0.15, 0.2) is 17.5 Å². The summed E-state index contributed by atoms with van der Waals surface area (Å²) in [6, 6.07) is -4.88. The van der Waals surface area contributed by atoms with Crippen LogP contribution in [0.4, 0.5) is 0 Å². The van der Waals surface area contributed by atoms with Gasteiger partial charge < -0.3 is 54.1 Å². The van der Waals surface area contributed by atoms with Crippen LogP contribution in [0.25, 0.3) is 0 Å². The highest BCUT2D eigenvalue weighted by Crippen LogP contribution is 2.07. The Kier molecular flexibility index (Phi) is 15.3. The van der Waals surface area contributed by atoms with Crippen molar-refractivity contribution < 1.29 is 34.2 Å². The van der Waals surface area contributed by atoms with Gasteiger partial charge in [-0.15, -0.1) is 0 Å².